The number of aryl methyl sites for hydroxylation is 2. The highest BCUT2D eigenvalue weighted by Gasteiger charge is 2.15. The fraction of sp³-hybridized carbons (Fsp3) is 0.400. The van der Waals surface area contributed by atoms with Crippen LogP contribution >= 0.6 is 0 Å². The van der Waals surface area contributed by atoms with Gasteiger partial charge < -0.3 is 10.3 Å². The summed E-state index contributed by atoms with van der Waals surface area (Å²) in [4.78, 5) is 4.63. The summed E-state index contributed by atoms with van der Waals surface area (Å²) in [7, 11) is 0. The highest BCUT2D eigenvalue weighted by Crippen LogP contribution is 2.28. The molecule has 102 valence electrons. The Morgan fingerprint density at radius 2 is 2.05 bits per heavy atom. The van der Waals surface area contributed by atoms with E-state index in [0.717, 1.165) is 36.5 Å². The molecule has 0 unspecified atom stereocenters. The quantitative estimate of drug-likeness (QED) is 0.914. The number of hydrogen-bond donors (Lipinski definition) is 1. The van der Waals surface area contributed by atoms with Gasteiger partial charge >= 0.3 is 0 Å². The molecule has 2 N–H and O–H groups in total. The van der Waals surface area contributed by atoms with E-state index >= 15 is 0 Å². The van der Waals surface area contributed by atoms with Crippen LogP contribution in [0.25, 0.3) is 11.3 Å². The molecule has 0 spiro atoms. The molecule has 0 saturated carbocycles. The van der Waals surface area contributed by atoms with Crippen molar-refractivity contribution in [2.24, 2.45) is 0 Å². The lowest BCUT2D eigenvalue weighted by atomic mass is 10.1. The lowest BCUT2D eigenvalue weighted by Crippen LogP contribution is -2.05. The van der Waals surface area contributed by atoms with Gasteiger partial charge in [-0.25, -0.2) is 9.37 Å². The van der Waals surface area contributed by atoms with Crippen LogP contribution in [0.3, 0.4) is 0 Å². The molecule has 1 aromatic heterocycles. The molecule has 0 aliphatic rings. The first-order chi connectivity index (χ1) is 9.08. The van der Waals surface area contributed by atoms with Crippen LogP contribution in [0.1, 0.15) is 31.7 Å². The maximum absolute atomic E-state index is 13.3. The highest BCUT2D eigenvalue weighted by molar-refractivity contribution is 5.71. The molecule has 0 amide bonds. The first-order valence-electron chi connectivity index (χ1n) is 6.69. The van der Waals surface area contributed by atoms with Crippen LogP contribution in [0.15, 0.2) is 18.2 Å². The van der Waals surface area contributed by atoms with Crippen LogP contribution < -0.4 is 5.73 Å². The van der Waals surface area contributed by atoms with Gasteiger partial charge in [-0.05, 0) is 44.0 Å². The summed E-state index contributed by atoms with van der Waals surface area (Å²) in [5, 5.41) is 0. The molecule has 0 aliphatic heterocycles. The average Bonchev–Trinajstić information content (AvgIpc) is 2.70. The van der Waals surface area contributed by atoms with Gasteiger partial charge in [-0.2, -0.15) is 0 Å². The Kier molecular flexibility index (Phi) is 3.88. The number of rotatable bonds is 4. The Balaban J connectivity index is 2.52. The average molecular weight is 261 g/mol. The lowest BCUT2D eigenvalue weighted by Gasteiger charge is -2.05. The highest BCUT2D eigenvalue weighted by atomic mass is 19.1. The maximum Gasteiger partial charge on any atom is 0.131 e. The van der Waals surface area contributed by atoms with Gasteiger partial charge in [-0.15, -0.1) is 0 Å². The molecule has 0 aliphatic carbocycles. The Morgan fingerprint density at radius 1 is 1.32 bits per heavy atom. The summed E-state index contributed by atoms with van der Waals surface area (Å²) in [6.45, 7) is 6.72. The number of hydrogen-bond acceptors (Lipinski definition) is 2. The van der Waals surface area contributed by atoms with Crippen LogP contribution in [0, 0.1) is 12.7 Å². The molecule has 2 rings (SSSR count). The fourth-order valence-corrected chi connectivity index (χ4v) is 2.29. The number of nitrogens with two attached hydrogens (primary N) is 1. The maximum atomic E-state index is 13.3. The molecule has 0 saturated heterocycles. The summed E-state index contributed by atoms with van der Waals surface area (Å²) in [5.41, 5.74) is 8.42. The van der Waals surface area contributed by atoms with Gasteiger partial charge in [0.05, 0.1) is 0 Å². The van der Waals surface area contributed by atoms with E-state index in [0.29, 0.717) is 11.4 Å². The second-order valence-corrected chi connectivity index (χ2v) is 4.72. The van der Waals surface area contributed by atoms with E-state index in [1.54, 1.807) is 19.1 Å². The molecule has 1 aromatic carbocycles. The van der Waals surface area contributed by atoms with Gasteiger partial charge in [0.15, 0.2) is 0 Å². The first kappa shape index (κ1) is 13.6. The molecule has 0 atom stereocenters. The number of aromatic nitrogens is 2. The van der Waals surface area contributed by atoms with Crippen molar-refractivity contribution >= 4 is 5.82 Å². The standard InChI is InChI=1S/C15H20FN3/c1-4-6-13-18-14(15(17)19(13)5-2)11-7-8-12(16)10(3)9-11/h7-9H,4-6,17H2,1-3H3. The summed E-state index contributed by atoms with van der Waals surface area (Å²) < 4.78 is 15.4. The molecule has 3 nitrogen and oxygen atoms in total. The van der Waals surface area contributed by atoms with E-state index in [2.05, 4.69) is 18.8 Å². The van der Waals surface area contributed by atoms with E-state index < -0.39 is 0 Å². The molecule has 19 heavy (non-hydrogen) atoms. The minimum atomic E-state index is -0.203. The smallest absolute Gasteiger partial charge is 0.131 e. The van der Waals surface area contributed by atoms with Crippen LogP contribution in [-0.2, 0) is 13.0 Å². The number of nitrogens with zero attached hydrogens (tertiary/aromatic N) is 2. The van der Waals surface area contributed by atoms with Gasteiger partial charge in [-0.3, -0.25) is 0 Å². The van der Waals surface area contributed by atoms with Crippen LogP contribution in [0.2, 0.25) is 0 Å². The molecule has 2 aromatic rings. The zero-order valence-electron chi connectivity index (χ0n) is 11.7. The van der Waals surface area contributed by atoms with Crippen molar-refractivity contribution in [3.05, 3.63) is 35.4 Å². The van der Waals surface area contributed by atoms with Crippen molar-refractivity contribution in [1.29, 1.82) is 0 Å². The topological polar surface area (TPSA) is 43.8 Å². The first-order valence-corrected chi connectivity index (χ1v) is 6.69. The van der Waals surface area contributed by atoms with E-state index in [1.165, 1.54) is 6.07 Å². The van der Waals surface area contributed by atoms with Crippen molar-refractivity contribution in [3.63, 3.8) is 0 Å². The van der Waals surface area contributed by atoms with Crippen LogP contribution in [0.4, 0.5) is 10.2 Å². The minimum Gasteiger partial charge on any atom is -0.383 e. The monoisotopic (exact) mass is 261 g/mol. The lowest BCUT2D eigenvalue weighted by molar-refractivity contribution is 0.619. The number of halogens is 1. The van der Waals surface area contributed by atoms with E-state index in [4.69, 9.17) is 5.73 Å². The number of benzene rings is 1. The third kappa shape index (κ3) is 2.48. The zero-order chi connectivity index (χ0) is 14.0. The van der Waals surface area contributed by atoms with Crippen LogP contribution in [-0.4, -0.2) is 9.55 Å². The van der Waals surface area contributed by atoms with E-state index in [9.17, 15) is 4.39 Å². The molecule has 0 fully saturated rings. The van der Waals surface area contributed by atoms with E-state index in [-0.39, 0.29) is 5.82 Å². The third-order valence-electron chi connectivity index (χ3n) is 3.31. The number of nitrogen functional groups attached to an aromatic ring is 1. The van der Waals surface area contributed by atoms with Crippen molar-refractivity contribution in [3.8, 4) is 11.3 Å². The van der Waals surface area contributed by atoms with Gasteiger partial charge in [-0.1, -0.05) is 6.92 Å². The van der Waals surface area contributed by atoms with Gasteiger partial charge in [0, 0.05) is 18.5 Å². The molecule has 1 heterocycles. The van der Waals surface area contributed by atoms with Crippen molar-refractivity contribution < 1.29 is 4.39 Å². The second kappa shape index (κ2) is 5.43. The van der Waals surface area contributed by atoms with Crippen molar-refractivity contribution in [1.82, 2.24) is 9.55 Å². The molecular formula is C15H20FN3. The molecule has 0 radical (unpaired) electrons. The zero-order valence-corrected chi connectivity index (χ0v) is 11.7. The summed E-state index contributed by atoms with van der Waals surface area (Å²) in [6, 6.07) is 5.00. The molecule has 4 heteroatoms. The summed E-state index contributed by atoms with van der Waals surface area (Å²) in [6.07, 6.45) is 1.93. The van der Waals surface area contributed by atoms with Gasteiger partial charge in [0.1, 0.15) is 23.2 Å². The normalized spacial score (nSPS) is 10.9. The predicted octanol–water partition coefficient (Wildman–Crippen LogP) is 3.55. The Morgan fingerprint density at radius 3 is 2.63 bits per heavy atom. The minimum absolute atomic E-state index is 0.203. The Hall–Kier alpha value is -1.84. The van der Waals surface area contributed by atoms with Crippen molar-refractivity contribution in [2.75, 3.05) is 5.73 Å². The van der Waals surface area contributed by atoms with Crippen molar-refractivity contribution in [2.45, 2.75) is 40.2 Å². The largest absolute Gasteiger partial charge is 0.383 e. The molecular weight excluding hydrogens is 241 g/mol. The second-order valence-electron chi connectivity index (χ2n) is 4.72. The Bertz CT molecular complexity index is 587. The summed E-state index contributed by atoms with van der Waals surface area (Å²) in [5.74, 6) is 1.46. The predicted molar refractivity (Wildman–Crippen MR) is 76.4 cm³/mol. The van der Waals surface area contributed by atoms with Gasteiger partial charge in [0.2, 0.25) is 0 Å². The Labute approximate surface area is 113 Å². The molecule has 0 bridgehead atoms. The SMILES string of the molecule is CCCc1nc(-c2ccc(F)c(C)c2)c(N)n1CC. The van der Waals surface area contributed by atoms with Crippen LogP contribution in [0.5, 0.6) is 0 Å². The van der Waals surface area contributed by atoms with E-state index in [1.807, 2.05) is 4.57 Å². The van der Waals surface area contributed by atoms with Gasteiger partial charge in [0.25, 0.3) is 0 Å². The number of imidazole rings is 1. The summed E-state index contributed by atoms with van der Waals surface area (Å²) >= 11 is 0. The fourth-order valence-electron chi connectivity index (χ4n) is 2.29. The third-order valence-corrected chi connectivity index (χ3v) is 3.31. The number of anilines is 1.